The lowest BCUT2D eigenvalue weighted by molar-refractivity contribution is -0.145. The summed E-state index contributed by atoms with van der Waals surface area (Å²) in [6.07, 6.45) is 5.18. The number of pyridine rings is 1. The summed E-state index contributed by atoms with van der Waals surface area (Å²) in [6.45, 7) is 5.84. The summed E-state index contributed by atoms with van der Waals surface area (Å²) in [5.74, 6) is 0.888. The Morgan fingerprint density at radius 3 is 2.70 bits per heavy atom. The summed E-state index contributed by atoms with van der Waals surface area (Å²) in [7, 11) is 3.16. The topological polar surface area (TPSA) is 91.3 Å². The summed E-state index contributed by atoms with van der Waals surface area (Å²) < 4.78 is 17.6. The number of carbonyl (C=O) groups is 1. The molecule has 0 radical (unpaired) electrons. The van der Waals surface area contributed by atoms with Gasteiger partial charge in [-0.25, -0.2) is 0 Å². The van der Waals surface area contributed by atoms with Gasteiger partial charge in [0, 0.05) is 47.8 Å². The van der Waals surface area contributed by atoms with Crippen molar-refractivity contribution in [1.29, 1.82) is 0 Å². The number of rotatable bonds is 12. The van der Waals surface area contributed by atoms with E-state index in [1.54, 1.807) is 20.4 Å². The number of amides is 1. The van der Waals surface area contributed by atoms with Crippen LogP contribution in [-0.4, -0.2) is 56.2 Å². The van der Waals surface area contributed by atoms with Crippen LogP contribution in [0.4, 0.5) is 0 Å². The van der Waals surface area contributed by atoms with Crippen molar-refractivity contribution in [3.63, 3.8) is 0 Å². The van der Waals surface area contributed by atoms with Crippen LogP contribution in [-0.2, 0) is 14.4 Å². The first-order valence-electron chi connectivity index (χ1n) is 11.3. The first-order chi connectivity index (χ1) is 16.0. The molecule has 1 amide bonds. The number of nitrogens with zero attached hydrogens (tertiary/aromatic N) is 2. The predicted molar refractivity (Wildman–Crippen MR) is 131 cm³/mol. The Labute approximate surface area is 203 Å². The smallest absolute Gasteiger partial charge is 0.267 e. The number of carbonyl (C=O) groups excluding carboxylic acids is 1. The number of oxime groups is 1. The Morgan fingerprint density at radius 2 is 2.00 bits per heavy atom. The van der Waals surface area contributed by atoms with E-state index in [0.29, 0.717) is 55.3 Å². The zero-order chi connectivity index (χ0) is 23.8. The van der Waals surface area contributed by atoms with Gasteiger partial charge in [-0.15, -0.1) is 0 Å². The number of hydrogen-bond donors (Lipinski definition) is 1. The normalized spacial score (nSPS) is 17.5. The third kappa shape index (κ3) is 5.58. The standard InChI is InChI=1S/C24H32BrN3O5/c1-5-7-9-24(23(29)26-10-8-11-32-6-2)14-19(28-33-24)18-13-16-12-17(25)15-27-20(16)22(31-4)21(18)30-3/h12-13,15H,5-11,14H2,1-4H3,(H,26,29). The molecule has 0 spiro atoms. The number of nitrogens with one attached hydrogen (secondary N) is 1. The lowest BCUT2D eigenvalue weighted by Gasteiger charge is -2.25. The van der Waals surface area contributed by atoms with Gasteiger partial charge in [0.25, 0.3) is 5.91 Å². The van der Waals surface area contributed by atoms with Crippen molar-refractivity contribution >= 4 is 38.5 Å². The first-order valence-corrected chi connectivity index (χ1v) is 12.1. The van der Waals surface area contributed by atoms with Crippen LogP contribution in [0.2, 0.25) is 0 Å². The van der Waals surface area contributed by atoms with Crippen LogP contribution in [0.3, 0.4) is 0 Å². The molecule has 0 fully saturated rings. The van der Waals surface area contributed by atoms with Gasteiger partial charge in [-0.3, -0.25) is 9.78 Å². The first kappa shape index (κ1) is 25.2. The molecule has 0 saturated heterocycles. The molecule has 1 aliphatic heterocycles. The lowest BCUT2D eigenvalue weighted by Crippen LogP contribution is -2.47. The van der Waals surface area contributed by atoms with E-state index in [1.807, 2.05) is 19.1 Å². The van der Waals surface area contributed by atoms with Crippen LogP contribution in [0.5, 0.6) is 11.5 Å². The number of benzene rings is 1. The van der Waals surface area contributed by atoms with Gasteiger partial charge < -0.3 is 24.4 Å². The van der Waals surface area contributed by atoms with Gasteiger partial charge in [0.1, 0.15) is 5.52 Å². The molecule has 3 rings (SSSR count). The van der Waals surface area contributed by atoms with Crippen molar-refractivity contribution in [2.75, 3.05) is 34.0 Å². The molecular formula is C24H32BrN3O5. The van der Waals surface area contributed by atoms with E-state index in [9.17, 15) is 4.79 Å². The maximum absolute atomic E-state index is 13.2. The van der Waals surface area contributed by atoms with Crippen LogP contribution >= 0.6 is 15.9 Å². The van der Waals surface area contributed by atoms with Gasteiger partial charge in [0.2, 0.25) is 5.60 Å². The maximum Gasteiger partial charge on any atom is 0.267 e. The Morgan fingerprint density at radius 1 is 1.21 bits per heavy atom. The molecule has 8 nitrogen and oxygen atoms in total. The Hall–Kier alpha value is -2.39. The third-order valence-corrected chi connectivity index (χ3v) is 6.09. The number of aromatic nitrogens is 1. The van der Waals surface area contributed by atoms with Gasteiger partial charge in [-0.1, -0.05) is 18.5 Å². The van der Waals surface area contributed by atoms with Gasteiger partial charge >= 0.3 is 0 Å². The molecule has 2 aromatic rings. The average molecular weight is 522 g/mol. The van der Waals surface area contributed by atoms with Gasteiger partial charge in [0.05, 0.1) is 19.9 Å². The van der Waals surface area contributed by atoms with Crippen molar-refractivity contribution < 1.29 is 23.8 Å². The second-order valence-electron chi connectivity index (χ2n) is 7.93. The Balaban J connectivity index is 1.90. The predicted octanol–water partition coefficient (Wildman–Crippen LogP) is 4.61. The number of methoxy groups -OCH3 is 2. The quantitative estimate of drug-likeness (QED) is 0.410. The molecule has 1 atom stereocenters. The summed E-state index contributed by atoms with van der Waals surface area (Å²) >= 11 is 3.48. The highest BCUT2D eigenvalue weighted by atomic mass is 79.9. The summed E-state index contributed by atoms with van der Waals surface area (Å²) in [5.41, 5.74) is 1.02. The molecule has 0 saturated carbocycles. The summed E-state index contributed by atoms with van der Waals surface area (Å²) in [4.78, 5) is 23.6. The number of ether oxygens (including phenoxy) is 3. The molecule has 2 heterocycles. The fourth-order valence-corrected chi connectivity index (χ4v) is 4.30. The SMILES string of the molecule is CCCCC1(C(=O)NCCCOCC)CC(c2cc3cc(Br)cnc3c(OC)c2OC)=NO1. The van der Waals surface area contributed by atoms with Crippen molar-refractivity contribution in [2.24, 2.45) is 5.16 Å². The van der Waals surface area contributed by atoms with Gasteiger partial charge in [-0.05, 0) is 54.2 Å². The third-order valence-electron chi connectivity index (χ3n) is 5.66. The maximum atomic E-state index is 13.2. The summed E-state index contributed by atoms with van der Waals surface area (Å²) in [5, 5.41) is 8.24. The summed E-state index contributed by atoms with van der Waals surface area (Å²) in [6, 6.07) is 3.91. The average Bonchev–Trinajstić information content (AvgIpc) is 3.26. The minimum atomic E-state index is -1.04. The number of hydrogen-bond acceptors (Lipinski definition) is 7. The molecule has 180 valence electrons. The molecule has 33 heavy (non-hydrogen) atoms. The van der Waals surface area contributed by atoms with Crippen LogP contribution in [0, 0.1) is 0 Å². The molecule has 1 N–H and O–H groups in total. The van der Waals surface area contributed by atoms with Crippen LogP contribution < -0.4 is 14.8 Å². The zero-order valence-corrected chi connectivity index (χ0v) is 21.3. The van der Waals surface area contributed by atoms with Gasteiger partial charge in [0.15, 0.2) is 11.5 Å². The monoisotopic (exact) mass is 521 g/mol. The fraction of sp³-hybridized carbons (Fsp3) is 0.542. The van der Waals surface area contributed by atoms with Crippen LogP contribution in [0.25, 0.3) is 10.9 Å². The Bertz CT molecular complexity index is 1010. The lowest BCUT2D eigenvalue weighted by atomic mass is 9.87. The van der Waals surface area contributed by atoms with E-state index >= 15 is 0 Å². The van der Waals surface area contributed by atoms with Gasteiger partial charge in [-0.2, -0.15) is 0 Å². The molecular weight excluding hydrogens is 490 g/mol. The fourth-order valence-electron chi connectivity index (χ4n) is 3.95. The van der Waals surface area contributed by atoms with Crippen molar-refractivity contribution in [3.05, 3.63) is 28.4 Å². The molecule has 0 bridgehead atoms. The number of fused-ring (bicyclic) bond motifs is 1. The number of halogens is 1. The van der Waals surface area contributed by atoms with E-state index in [-0.39, 0.29) is 5.91 Å². The van der Waals surface area contributed by atoms with E-state index in [4.69, 9.17) is 19.0 Å². The van der Waals surface area contributed by atoms with Crippen molar-refractivity contribution in [1.82, 2.24) is 10.3 Å². The largest absolute Gasteiger partial charge is 0.492 e. The molecule has 1 aliphatic rings. The van der Waals surface area contributed by atoms with Crippen molar-refractivity contribution in [3.8, 4) is 11.5 Å². The van der Waals surface area contributed by atoms with E-state index < -0.39 is 5.60 Å². The molecule has 0 aliphatic carbocycles. The highest BCUT2D eigenvalue weighted by Crippen LogP contribution is 2.42. The van der Waals surface area contributed by atoms with Crippen LogP contribution in [0.15, 0.2) is 28.0 Å². The molecule has 1 aromatic carbocycles. The molecule has 1 unspecified atom stereocenters. The minimum absolute atomic E-state index is 0.151. The highest BCUT2D eigenvalue weighted by molar-refractivity contribution is 9.10. The second kappa shape index (κ2) is 11.7. The Kier molecular flexibility index (Phi) is 8.91. The molecule has 9 heteroatoms. The zero-order valence-electron chi connectivity index (χ0n) is 19.7. The second-order valence-corrected chi connectivity index (χ2v) is 8.84. The van der Waals surface area contributed by atoms with Crippen molar-refractivity contribution in [2.45, 2.75) is 51.6 Å². The number of unbranched alkanes of at least 4 members (excludes halogenated alkanes) is 1. The van der Waals surface area contributed by atoms with E-state index in [0.717, 1.165) is 34.7 Å². The highest BCUT2D eigenvalue weighted by Gasteiger charge is 2.46. The van der Waals surface area contributed by atoms with E-state index in [2.05, 4.69) is 38.3 Å². The van der Waals surface area contributed by atoms with Crippen LogP contribution in [0.1, 0.15) is 51.5 Å². The molecule has 1 aromatic heterocycles. The minimum Gasteiger partial charge on any atom is -0.492 e. The van der Waals surface area contributed by atoms with E-state index in [1.165, 1.54) is 0 Å².